The molecule has 1 aromatic heterocycles. The number of carbonyl (C=O) groups is 2. The van der Waals surface area contributed by atoms with E-state index in [9.17, 15) is 18.4 Å². The predicted molar refractivity (Wildman–Crippen MR) is 157 cm³/mol. The third-order valence-corrected chi connectivity index (χ3v) is 7.34. The van der Waals surface area contributed by atoms with Crippen molar-refractivity contribution < 1.29 is 23.1 Å². The SMILES string of the molecule is CCOc1cc2c(cc1C(=O)Nc1ccc(F)c(F)c1)nc(Cc1c(Cl)ccc(CNC(=O)C(C)(C)C)c1Cl)n2C. The maximum Gasteiger partial charge on any atom is 0.259 e. The molecule has 1 heterocycles. The second-order valence-corrected chi connectivity index (χ2v) is 11.3. The van der Waals surface area contributed by atoms with E-state index in [4.69, 9.17) is 32.9 Å². The first-order chi connectivity index (χ1) is 19.3. The molecule has 0 atom stereocenters. The van der Waals surface area contributed by atoms with Crippen LogP contribution in [-0.2, 0) is 24.8 Å². The lowest BCUT2D eigenvalue weighted by Gasteiger charge is -2.18. The number of anilines is 1. The smallest absolute Gasteiger partial charge is 0.259 e. The molecule has 0 bridgehead atoms. The molecular weight excluding hydrogens is 573 g/mol. The van der Waals surface area contributed by atoms with Crippen LogP contribution < -0.4 is 15.4 Å². The van der Waals surface area contributed by atoms with E-state index < -0.39 is 23.0 Å². The monoisotopic (exact) mass is 602 g/mol. The van der Waals surface area contributed by atoms with Crippen LogP contribution >= 0.6 is 23.2 Å². The summed E-state index contributed by atoms with van der Waals surface area (Å²) in [4.78, 5) is 30.2. The van der Waals surface area contributed by atoms with Crippen molar-refractivity contribution in [2.45, 2.75) is 40.7 Å². The zero-order valence-corrected chi connectivity index (χ0v) is 24.8. The lowest BCUT2D eigenvalue weighted by atomic mass is 9.95. The molecule has 0 aliphatic rings. The summed E-state index contributed by atoms with van der Waals surface area (Å²) in [7, 11) is 1.83. The van der Waals surface area contributed by atoms with Crippen molar-refractivity contribution in [2.24, 2.45) is 12.5 Å². The molecule has 0 unspecified atom stereocenters. The number of ether oxygens (including phenoxy) is 1. The van der Waals surface area contributed by atoms with Gasteiger partial charge in [0.25, 0.3) is 5.91 Å². The highest BCUT2D eigenvalue weighted by molar-refractivity contribution is 6.36. The number of imidazole rings is 1. The van der Waals surface area contributed by atoms with Crippen molar-refractivity contribution in [3.63, 3.8) is 0 Å². The Morgan fingerprint density at radius 3 is 2.44 bits per heavy atom. The summed E-state index contributed by atoms with van der Waals surface area (Å²) < 4.78 is 34.6. The van der Waals surface area contributed by atoms with E-state index in [1.165, 1.54) is 6.07 Å². The van der Waals surface area contributed by atoms with Crippen LogP contribution in [0.5, 0.6) is 5.75 Å². The topological polar surface area (TPSA) is 85.2 Å². The maximum atomic E-state index is 13.7. The van der Waals surface area contributed by atoms with Crippen molar-refractivity contribution in [3.05, 3.63) is 86.7 Å². The Balaban J connectivity index is 1.66. The van der Waals surface area contributed by atoms with Crippen LogP contribution in [0.1, 0.15) is 55.0 Å². The van der Waals surface area contributed by atoms with Crippen molar-refractivity contribution in [1.29, 1.82) is 0 Å². The van der Waals surface area contributed by atoms with Gasteiger partial charge in [-0.1, -0.05) is 50.0 Å². The summed E-state index contributed by atoms with van der Waals surface area (Å²) in [5, 5.41) is 6.36. The Labute approximate surface area is 246 Å². The Hall–Kier alpha value is -3.69. The van der Waals surface area contributed by atoms with Crippen molar-refractivity contribution in [3.8, 4) is 5.75 Å². The summed E-state index contributed by atoms with van der Waals surface area (Å²) in [5.41, 5.74) is 2.33. The van der Waals surface area contributed by atoms with Crippen molar-refractivity contribution in [1.82, 2.24) is 14.9 Å². The van der Waals surface area contributed by atoms with Crippen LogP contribution in [0.4, 0.5) is 14.5 Å². The number of amides is 2. The molecule has 0 aliphatic carbocycles. The van der Waals surface area contributed by atoms with E-state index >= 15 is 0 Å². The number of carbonyl (C=O) groups excluding carboxylic acids is 2. The van der Waals surface area contributed by atoms with Gasteiger partial charge in [0.1, 0.15) is 11.6 Å². The number of nitrogens with one attached hydrogen (secondary N) is 2. The standard InChI is InChI=1S/C30H30Cl2F2N4O3/c1-6-41-25-14-24-23(12-19(25)28(39)36-17-8-10-21(33)22(34)11-17)37-26(38(24)5)13-18-20(31)9-7-16(27(18)32)15-35-29(40)30(2,3)4/h7-12,14H,6,13,15H2,1-5H3,(H,35,40)(H,36,39). The first-order valence-electron chi connectivity index (χ1n) is 12.9. The van der Waals surface area contributed by atoms with Gasteiger partial charge in [0.15, 0.2) is 11.6 Å². The molecule has 7 nitrogen and oxygen atoms in total. The lowest BCUT2D eigenvalue weighted by Crippen LogP contribution is -2.34. The van der Waals surface area contributed by atoms with Gasteiger partial charge >= 0.3 is 0 Å². The maximum absolute atomic E-state index is 13.7. The van der Waals surface area contributed by atoms with Gasteiger partial charge in [-0.15, -0.1) is 0 Å². The molecule has 0 spiro atoms. The number of benzene rings is 3. The van der Waals surface area contributed by atoms with Gasteiger partial charge in [-0.25, -0.2) is 13.8 Å². The van der Waals surface area contributed by atoms with Crippen LogP contribution in [0.15, 0.2) is 42.5 Å². The van der Waals surface area contributed by atoms with Gasteiger partial charge in [0.2, 0.25) is 5.91 Å². The molecule has 0 aliphatic heterocycles. The third kappa shape index (κ3) is 6.63. The zero-order chi connectivity index (χ0) is 30.1. The number of rotatable bonds is 8. The molecule has 4 rings (SSSR count). The Bertz CT molecular complexity index is 1650. The van der Waals surface area contributed by atoms with Crippen molar-refractivity contribution >= 4 is 51.7 Å². The van der Waals surface area contributed by atoms with E-state index in [1.807, 2.05) is 32.4 Å². The molecule has 0 fully saturated rings. The molecule has 2 N–H and O–H groups in total. The van der Waals surface area contributed by atoms with Gasteiger partial charge in [-0.3, -0.25) is 9.59 Å². The molecule has 0 saturated carbocycles. The molecule has 0 radical (unpaired) electrons. The Morgan fingerprint density at radius 1 is 1.05 bits per heavy atom. The minimum Gasteiger partial charge on any atom is -0.493 e. The minimum atomic E-state index is -1.07. The summed E-state index contributed by atoms with van der Waals surface area (Å²) in [6.07, 6.45) is 0.282. The van der Waals surface area contributed by atoms with Gasteiger partial charge in [-0.2, -0.15) is 0 Å². The van der Waals surface area contributed by atoms with E-state index in [0.717, 1.165) is 17.7 Å². The first kappa shape index (κ1) is 30.3. The molecule has 4 aromatic rings. The first-order valence-corrected chi connectivity index (χ1v) is 13.7. The molecule has 216 valence electrons. The number of aromatic nitrogens is 2. The lowest BCUT2D eigenvalue weighted by molar-refractivity contribution is -0.128. The van der Waals surface area contributed by atoms with E-state index in [1.54, 1.807) is 31.2 Å². The highest BCUT2D eigenvalue weighted by Gasteiger charge is 2.23. The average Bonchev–Trinajstić information content (AvgIpc) is 3.21. The zero-order valence-electron chi connectivity index (χ0n) is 23.3. The summed E-state index contributed by atoms with van der Waals surface area (Å²) in [6, 6.07) is 9.91. The summed E-state index contributed by atoms with van der Waals surface area (Å²) >= 11 is 13.3. The molecule has 3 aromatic carbocycles. The fourth-order valence-electron chi connectivity index (χ4n) is 4.20. The average molecular weight is 603 g/mol. The molecular formula is C30H30Cl2F2N4O3. The third-order valence-electron chi connectivity index (χ3n) is 6.52. The van der Waals surface area contributed by atoms with Crippen LogP contribution in [-0.4, -0.2) is 28.0 Å². The number of aryl methyl sites for hydroxylation is 1. The van der Waals surface area contributed by atoms with Gasteiger partial charge in [-0.05, 0) is 42.3 Å². The minimum absolute atomic E-state index is 0.0982. The van der Waals surface area contributed by atoms with Crippen LogP contribution in [0.3, 0.4) is 0 Å². The van der Waals surface area contributed by atoms with Crippen molar-refractivity contribution in [2.75, 3.05) is 11.9 Å². The molecule has 41 heavy (non-hydrogen) atoms. The van der Waals surface area contributed by atoms with E-state index in [-0.39, 0.29) is 30.1 Å². The normalized spacial score (nSPS) is 11.5. The highest BCUT2D eigenvalue weighted by atomic mass is 35.5. The Morgan fingerprint density at radius 2 is 1.78 bits per heavy atom. The number of fused-ring (bicyclic) bond motifs is 1. The highest BCUT2D eigenvalue weighted by Crippen LogP contribution is 2.33. The largest absolute Gasteiger partial charge is 0.493 e. The number of hydrogen-bond donors (Lipinski definition) is 2. The Kier molecular flexibility index (Phi) is 8.89. The van der Waals surface area contributed by atoms with Crippen LogP contribution in [0.2, 0.25) is 10.0 Å². The summed E-state index contributed by atoms with van der Waals surface area (Å²) in [5.74, 6) is -1.82. The van der Waals surface area contributed by atoms with E-state index in [2.05, 4.69) is 10.6 Å². The summed E-state index contributed by atoms with van der Waals surface area (Å²) in [6.45, 7) is 7.82. The number of hydrogen-bond acceptors (Lipinski definition) is 4. The second kappa shape index (κ2) is 12.0. The fourth-order valence-corrected chi connectivity index (χ4v) is 4.77. The molecule has 0 saturated heterocycles. The van der Waals surface area contributed by atoms with Crippen LogP contribution in [0, 0.1) is 17.0 Å². The van der Waals surface area contributed by atoms with Gasteiger partial charge in [0.05, 0.1) is 28.2 Å². The van der Waals surface area contributed by atoms with Gasteiger partial charge < -0.3 is 19.9 Å². The quantitative estimate of drug-likeness (QED) is 0.226. The number of nitrogens with zero attached hydrogens (tertiary/aromatic N) is 2. The van der Waals surface area contributed by atoms with Crippen LogP contribution in [0.25, 0.3) is 11.0 Å². The number of halogens is 4. The molecule has 2 amide bonds. The second-order valence-electron chi connectivity index (χ2n) is 10.5. The van der Waals surface area contributed by atoms with Gasteiger partial charge in [0, 0.05) is 48.3 Å². The predicted octanol–water partition coefficient (Wildman–Crippen LogP) is 7.06. The fraction of sp³-hybridized carbons (Fsp3) is 0.300. The van der Waals surface area contributed by atoms with E-state index in [0.29, 0.717) is 44.8 Å². The molecule has 11 heteroatoms.